The van der Waals surface area contributed by atoms with Crippen LogP contribution in [-0.4, -0.2) is 29.4 Å². The molecule has 0 saturated carbocycles. The van der Waals surface area contributed by atoms with Gasteiger partial charge < -0.3 is 0 Å². The summed E-state index contributed by atoms with van der Waals surface area (Å²) in [6.07, 6.45) is 14.4. The largest absolute Gasteiger partial charge is 0.394 e. The summed E-state index contributed by atoms with van der Waals surface area (Å²) in [5, 5.41) is 11.4. The van der Waals surface area contributed by atoms with Crippen molar-refractivity contribution in [1.29, 1.82) is 0 Å². The van der Waals surface area contributed by atoms with E-state index < -0.39 is 10.4 Å². The van der Waals surface area contributed by atoms with E-state index in [0.717, 1.165) is 6.42 Å². The maximum atomic E-state index is 8.74. The molecule has 0 aliphatic rings. The van der Waals surface area contributed by atoms with E-state index in [0.29, 0.717) is 6.61 Å². The third-order valence-corrected chi connectivity index (χ3v) is 2.88. The molecule has 0 saturated heterocycles. The molecule has 0 aliphatic heterocycles. The Labute approximate surface area is 128 Å². The summed E-state index contributed by atoms with van der Waals surface area (Å²) in [7, 11) is -4.67. The van der Waals surface area contributed by atoms with E-state index in [9.17, 15) is 0 Å². The number of rotatable bonds is 13. The maximum absolute atomic E-state index is 8.74. The van der Waals surface area contributed by atoms with Gasteiger partial charge in [-0.2, -0.15) is 8.42 Å². The lowest BCUT2D eigenvalue weighted by Gasteiger charge is -2.02. The molecule has 0 aromatic rings. The Hall–Kier alpha value is -0.250. The van der Waals surface area contributed by atoms with Gasteiger partial charge in [-0.1, -0.05) is 76.2 Å². The summed E-state index contributed by atoms with van der Waals surface area (Å²) in [5.74, 6) is 0. The van der Waals surface area contributed by atoms with Gasteiger partial charge in [-0.05, 0) is 6.42 Å². The molecule has 0 aromatic heterocycles. The zero-order valence-electron chi connectivity index (χ0n) is 12.9. The SMILES string of the molecule is CCCCCCCCCCCCCOOO.O=S(=O)(O)O. The van der Waals surface area contributed by atoms with Gasteiger partial charge in [0.1, 0.15) is 0 Å². The highest BCUT2D eigenvalue weighted by Crippen LogP contribution is 2.11. The molecule has 7 nitrogen and oxygen atoms in total. The molecule has 0 aromatic carbocycles. The van der Waals surface area contributed by atoms with Crippen molar-refractivity contribution in [2.24, 2.45) is 0 Å². The van der Waals surface area contributed by atoms with Gasteiger partial charge in [-0.25, -0.2) is 10.1 Å². The molecular formula is C13H30O7S. The summed E-state index contributed by atoms with van der Waals surface area (Å²) in [5.41, 5.74) is 0. The highest BCUT2D eigenvalue weighted by molar-refractivity contribution is 7.79. The van der Waals surface area contributed by atoms with E-state index in [2.05, 4.69) is 16.8 Å². The Kier molecular flexibility index (Phi) is 19.5. The second kappa shape index (κ2) is 17.8. The van der Waals surface area contributed by atoms with Gasteiger partial charge >= 0.3 is 10.4 Å². The van der Waals surface area contributed by atoms with Gasteiger partial charge in [-0.15, -0.1) is 0 Å². The first-order chi connectivity index (χ1) is 9.91. The fourth-order valence-electron chi connectivity index (χ4n) is 1.86. The molecule has 0 unspecified atom stereocenters. The standard InChI is InChI=1S/C13H28O3.H2O4S/c1-2-3-4-5-6-7-8-9-10-11-12-13-15-16-14;1-5(2,3)4/h14H,2-13H2,1H3;(H2,1,2,3,4). The van der Waals surface area contributed by atoms with Crippen LogP contribution >= 0.6 is 0 Å². The Morgan fingerprint density at radius 3 is 1.43 bits per heavy atom. The van der Waals surface area contributed by atoms with Crippen LogP contribution in [0.2, 0.25) is 0 Å². The Balaban J connectivity index is 0. The van der Waals surface area contributed by atoms with Gasteiger partial charge in [-0.3, -0.25) is 9.11 Å². The molecule has 0 radical (unpaired) electrons. The van der Waals surface area contributed by atoms with Crippen LogP contribution in [0, 0.1) is 0 Å². The van der Waals surface area contributed by atoms with Crippen molar-refractivity contribution in [3.63, 3.8) is 0 Å². The van der Waals surface area contributed by atoms with Crippen LogP contribution in [0.1, 0.15) is 77.6 Å². The minimum Gasteiger partial charge on any atom is -0.264 e. The summed E-state index contributed by atoms with van der Waals surface area (Å²) >= 11 is 0. The third kappa shape index (κ3) is 38.3. The van der Waals surface area contributed by atoms with Crippen molar-refractivity contribution in [2.75, 3.05) is 6.61 Å². The molecule has 0 amide bonds. The summed E-state index contributed by atoms with van der Waals surface area (Å²) in [6, 6.07) is 0. The average Bonchev–Trinajstić information content (AvgIpc) is 2.38. The van der Waals surface area contributed by atoms with Gasteiger partial charge in [0, 0.05) is 0 Å². The molecular weight excluding hydrogens is 300 g/mol. The molecule has 3 N–H and O–H groups in total. The third-order valence-electron chi connectivity index (χ3n) is 2.88. The summed E-state index contributed by atoms with van der Waals surface area (Å²) < 4.78 is 31.6. The van der Waals surface area contributed by atoms with Gasteiger partial charge in [0.15, 0.2) is 0 Å². The van der Waals surface area contributed by atoms with Crippen LogP contribution < -0.4 is 0 Å². The van der Waals surface area contributed by atoms with E-state index in [4.69, 9.17) is 22.8 Å². The predicted molar refractivity (Wildman–Crippen MR) is 80.3 cm³/mol. The van der Waals surface area contributed by atoms with Crippen molar-refractivity contribution >= 4 is 10.4 Å². The lowest BCUT2D eigenvalue weighted by atomic mass is 10.1. The number of hydrogen-bond acceptors (Lipinski definition) is 5. The molecule has 21 heavy (non-hydrogen) atoms. The van der Waals surface area contributed by atoms with Crippen LogP contribution in [0.25, 0.3) is 0 Å². The molecule has 130 valence electrons. The first-order valence-corrected chi connectivity index (χ1v) is 8.94. The van der Waals surface area contributed by atoms with Crippen molar-refractivity contribution in [3.05, 3.63) is 0 Å². The van der Waals surface area contributed by atoms with Crippen LogP contribution in [0.4, 0.5) is 0 Å². The van der Waals surface area contributed by atoms with E-state index in [1.54, 1.807) is 0 Å². The Morgan fingerprint density at radius 1 is 0.762 bits per heavy atom. The minimum atomic E-state index is -4.67. The molecule has 0 fully saturated rings. The quantitative estimate of drug-likeness (QED) is 0.202. The first kappa shape index (κ1) is 23.0. The molecule has 8 heteroatoms. The minimum absolute atomic E-state index is 0.494. The number of unbranched alkanes of at least 4 members (excludes halogenated alkanes) is 10. The van der Waals surface area contributed by atoms with Crippen LogP contribution in [0.5, 0.6) is 0 Å². The highest BCUT2D eigenvalue weighted by atomic mass is 32.3. The fourth-order valence-corrected chi connectivity index (χ4v) is 1.86. The Morgan fingerprint density at radius 2 is 1.10 bits per heavy atom. The smallest absolute Gasteiger partial charge is 0.264 e. The normalized spacial score (nSPS) is 11.0. The lowest BCUT2D eigenvalue weighted by molar-refractivity contribution is -0.490. The van der Waals surface area contributed by atoms with E-state index in [1.807, 2.05) is 0 Å². The molecule has 0 heterocycles. The van der Waals surface area contributed by atoms with E-state index >= 15 is 0 Å². The topological polar surface area (TPSA) is 113 Å². The molecule has 0 atom stereocenters. The van der Waals surface area contributed by atoms with Crippen LogP contribution in [0.15, 0.2) is 0 Å². The summed E-state index contributed by atoms with van der Waals surface area (Å²) in [6.45, 7) is 2.75. The fraction of sp³-hybridized carbons (Fsp3) is 1.00. The predicted octanol–water partition coefficient (Wildman–Crippen LogP) is 4.07. The monoisotopic (exact) mass is 330 g/mol. The maximum Gasteiger partial charge on any atom is 0.394 e. The first-order valence-electron chi connectivity index (χ1n) is 7.54. The van der Waals surface area contributed by atoms with Crippen LogP contribution in [-0.2, 0) is 20.3 Å². The van der Waals surface area contributed by atoms with Gasteiger partial charge in [0.05, 0.1) is 6.61 Å². The molecule has 0 aliphatic carbocycles. The van der Waals surface area contributed by atoms with Gasteiger partial charge in [0.25, 0.3) is 0 Å². The van der Waals surface area contributed by atoms with Crippen LogP contribution in [0.3, 0.4) is 0 Å². The second-order valence-corrected chi connectivity index (χ2v) is 5.78. The second-order valence-electron chi connectivity index (χ2n) is 4.88. The van der Waals surface area contributed by atoms with E-state index in [1.165, 1.54) is 64.2 Å². The van der Waals surface area contributed by atoms with Crippen molar-refractivity contribution < 1.29 is 32.7 Å². The highest BCUT2D eigenvalue weighted by Gasteiger charge is 1.93. The lowest BCUT2D eigenvalue weighted by Crippen LogP contribution is -1.92. The molecule has 0 bridgehead atoms. The molecule has 0 rings (SSSR count). The van der Waals surface area contributed by atoms with Crippen molar-refractivity contribution in [3.8, 4) is 0 Å². The van der Waals surface area contributed by atoms with E-state index in [-0.39, 0.29) is 0 Å². The van der Waals surface area contributed by atoms with Crippen molar-refractivity contribution in [1.82, 2.24) is 0 Å². The average molecular weight is 330 g/mol. The van der Waals surface area contributed by atoms with Gasteiger partial charge in [0.2, 0.25) is 0 Å². The number of hydrogen-bond donors (Lipinski definition) is 3. The zero-order valence-corrected chi connectivity index (χ0v) is 13.7. The Bertz CT molecular complexity index is 258. The zero-order chi connectivity index (χ0) is 16.4. The molecule has 0 spiro atoms. The summed E-state index contributed by atoms with van der Waals surface area (Å²) in [4.78, 5) is 4.37. The van der Waals surface area contributed by atoms with Crippen molar-refractivity contribution in [2.45, 2.75) is 77.6 Å².